The molecule has 3 aromatic rings. The molecule has 0 fully saturated rings. The molecule has 0 radical (unpaired) electrons. The van der Waals surface area contributed by atoms with Crippen LogP contribution in [0.4, 0.5) is 5.13 Å². The van der Waals surface area contributed by atoms with Crippen LogP contribution in [0.25, 0.3) is 10.2 Å². The number of methoxy groups -OCH3 is 2. The molecule has 2 N–H and O–H groups in total. The van der Waals surface area contributed by atoms with Gasteiger partial charge in [0, 0.05) is 0 Å². The minimum atomic E-state index is -0.329. The molecule has 0 unspecified atom stereocenters. The lowest BCUT2D eigenvalue weighted by atomic mass is 10.2. The fraction of sp³-hybridized carbons (Fsp3) is 0.222. The van der Waals surface area contributed by atoms with Crippen molar-refractivity contribution in [2.45, 2.75) is 13.3 Å². The van der Waals surface area contributed by atoms with E-state index in [0.717, 1.165) is 16.6 Å². The van der Waals surface area contributed by atoms with Gasteiger partial charge in [-0.05, 0) is 36.2 Å². The van der Waals surface area contributed by atoms with Gasteiger partial charge in [0.15, 0.2) is 11.5 Å². The maximum absolute atomic E-state index is 12.4. The molecule has 0 aliphatic carbocycles. The van der Waals surface area contributed by atoms with E-state index in [0.29, 0.717) is 22.2 Å². The molecule has 0 aliphatic heterocycles. The number of hydrogen-bond acceptors (Lipinski definition) is 6. The van der Waals surface area contributed by atoms with Gasteiger partial charge in [-0.3, -0.25) is 15.6 Å². The third kappa shape index (κ3) is 3.51. The minimum absolute atomic E-state index is 0.329. The Hall–Kier alpha value is -2.80. The Morgan fingerprint density at radius 2 is 2.04 bits per heavy atom. The highest BCUT2D eigenvalue weighted by molar-refractivity contribution is 7.22. The first-order chi connectivity index (χ1) is 12.2. The first kappa shape index (κ1) is 17.0. The zero-order valence-corrected chi connectivity index (χ0v) is 15.1. The quantitative estimate of drug-likeness (QED) is 0.659. The van der Waals surface area contributed by atoms with Gasteiger partial charge in [-0.25, -0.2) is 4.98 Å². The number of rotatable bonds is 6. The van der Waals surface area contributed by atoms with Gasteiger partial charge in [-0.1, -0.05) is 30.4 Å². The second-order valence-corrected chi connectivity index (χ2v) is 6.33. The highest BCUT2D eigenvalue weighted by atomic mass is 32.1. The van der Waals surface area contributed by atoms with Gasteiger partial charge in [-0.15, -0.1) is 0 Å². The SMILES string of the molecule is CCc1ccc2nc(NNC(=O)c3cccc(OC)c3OC)sc2c1. The van der Waals surface area contributed by atoms with Crippen LogP contribution >= 0.6 is 11.3 Å². The Bertz CT molecular complexity index is 908. The molecule has 1 heterocycles. The van der Waals surface area contributed by atoms with Crippen molar-refractivity contribution >= 4 is 32.6 Å². The van der Waals surface area contributed by atoms with E-state index in [1.54, 1.807) is 18.2 Å². The molecule has 0 saturated heterocycles. The molecule has 0 atom stereocenters. The molecule has 25 heavy (non-hydrogen) atoms. The van der Waals surface area contributed by atoms with E-state index < -0.39 is 0 Å². The highest BCUT2D eigenvalue weighted by Gasteiger charge is 2.16. The maximum Gasteiger partial charge on any atom is 0.273 e. The number of ether oxygens (including phenoxy) is 2. The van der Waals surface area contributed by atoms with Gasteiger partial charge in [0.1, 0.15) is 0 Å². The van der Waals surface area contributed by atoms with Gasteiger partial charge < -0.3 is 9.47 Å². The fourth-order valence-corrected chi connectivity index (χ4v) is 3.37. The average Bonchev–Trinajstić information content (AvgIpc) is 3.07. The lowest BCUT2D eigenvalue weighted by Crippen LogP contribution is -2.29. The summed E-state index contributed by atoms with van der Waals surface area (Å²) in [5.74, 6) is 0.563. The molecular formula is C18H19N3O3S. The summed E-state index contributed by atoms with van der Waals surface area (Å²) in [6.45, 7) is 2.11. The molecule has 0 spiro atoms. The first-order valence-electron chi connectivity index (χ1n) is 7.83. The van der Waals surface area contributed by atoms with Crippen LogP contribution in [-0.2, 0) is 6.42 Å². The zero-order valence-electron chi connectivity index (χ0n) is 14.3. The number of thiazole rings is 1. The summed E-state index contributed by atoms with van der Waals surface area (Å²) in [7, 11) is 3.03. The third-order valence-electron chi connectivity index (χ3n) is 3.79. The summed E-state index contributed by atoms with van der Waals surface area (Å²) in [5, 5.41) is 0.624. The molecule has 0 bridgehead atoms. The van der Waals surface area contributed by atoms with Gasteiger partial charge >= 0.3 is 0 Å². The van der Waals surface area contributed by atoms with E-state index in [9.17, 15) is 4.79 Å². The topological polar surface area (TPSA) is 72.5 Å². The number of amides is 1. The predicted molar refractivity (Wildman–Crippen MR) is 99.6 cm³/mol. The van der Waals surface area contributed by atoms with Gasteiger partial charge in [-0.2, -0.15) is 0 Å². The number of benzene rings is 2. The number of carbonyl (C=O) groups is 1. The summed E-state index contributed by atoms with van der Waals surface area (Å²) in [4.78, 5) is 16.9. The largest absolute Gasteiger partial charge is 0.493 e. The van der Waals surface area contributed by atoms with Crippen molar-refractivity contribution in [3.63, 3.8) is 0 Å². The average molecular weight is 357 g/mol. The van der Waals surface area contributed by atoms with E-state index in [4.69, 9.17) is 9.47 Å². The number of fused-ring (bicyclic) bond motifs is 1. The molecule has 3 rings (SSSR count). The van der Waals surface area contributed by atoms with Crippen LogP contribution in [0.2, 0.25) is 0 Å². The van der Waals surface area contributed by atoms with E-state index in [1.807, 2.05) is 6.07 Å². The van der Waals surface area contributed by atoms with E-state index in [1.165, 1.54) is 31.1 Å². The number of aromatic nitrogens is 1. The van der Waals surface area contributed by atoms with Crippen LogP contribution in [0.1, 0.15) is 22.8 Å². The number of hydrogen-bond donors (Lipinski definition) is 2. The van der Waals surface area contributed by atoms with Crippen LogP contribution < -0.4 is 20.3 Å². The lowest BCUT2D eigenvalue weighted by Gasteiger charge is -2.12. The van der Waals surface area contributed by atoms with E-state index in [2.05, 4.69) is 34.9 Å². The van der Waals surface area contributed by atoms with E-state index >= 15 is 0 Å². The molecule has 130 valence electrons. The first-order valence-corrected chi connectivity index (χ1v) is 8.64. The van der Waals surface area contributed by atoms with Gasteiger partial charge in [0.05, 0.1) is 30.0 Å². The smallest absolute Gasteiger partial charge is 0.273 e. The number of para-hydroxylation sites is 1. The summed E-state index contributed by atoms with van der Waals surface area (Å²) < 4.78 is 11.6. The second-order valence-electron chi connectivity index (χ2n) is 5.29. The predicted octanol–water partition coefficient (Wildman–Crippen LogP) is 3.63. The lowest BCUT2D eigenvalue weighted by molar-refractivity contribution is 0.0959. The number of anilines is 1. The Morgan fingerprint density at radius 1 is 1.20 bits per heavy atom. The van der Waals surface area contributed by atoms with Crippen molar-refractivity contribution in [3.05, 3.63) is 47.5 Å². The van der Waals surface area contributed by atoms with Crippen LogP contribution in [0.15, 0.2) is 36.4 Å². The fourth-order valence-electron chi connectivity index (χ4n) is 2.49. The van der Waals surface area contributed by atoms with Crippen LogP contribution in [0.5, 0.6) is 11.5 Å². The summed E-state index contributed by atoms with van der Waals surface area (Å²) in [6.07, 6.45) is 0.975. The van der Waals surface area contributed by atoms with Crippen molar-refractivity contribution in [2.24, 2.45) is 0 Å². The van der Waals surface area contributed by atoms with Crippen molar-refractivity contribution in [1.29, 1.82) is 0 Å². The Balaban J connectivity index is 1.76. The van der Waals surface area contributed by atoms with Crippen LogP contribution in [-0.4, -0.2) is 25.1 Å². The summed E-state index contributed by atoms with van der Waals surface area (Å²) in [6, 6.07) is 11.3. The Kier molecular flexibility index (Phi) is 5.04. The molecule has 0 aliphatic rings. The minimum Gasteiger partial charge on any atom is -0.493 e. The van der Waals surface area contributed by atoms with Crippen molar-refractivity contribution in [3.8, 4) is 11.5 Å². The monoisotopic (exact) mass is 357 g/mol. The maximum atomic E-state index is 12.4. The number of carbonyl (C=O) groups excluding carboxylic acids is 1. The van der Waals surface area contributed by atoms with Crippen LogP contribution in [0, 0.1) is 0 Å². The number of aryl methyl sites for hydroxylation is 1. The zero-order chi connectivity index (χ0) is 17.8. The van der Waals surface area contributed by atoms with Crippen LogP contribution in [0.3, 0.4) is 0 Å². The molecule has 1 amide bonds. The summed E-state index contributed by atoms with van der Waals surface area (Å²) in [5.41, 5.74) is 8.06. The highest BCUT2D eigenvalue weighted by Crippen LogP contribution is 2.31. The second kappa shape index (κ2) is 7.40. The Labute approximate surface area is 149 Å². The van der Waals surface area contributed by atoms with Gasteiger partial charge in [0.25, 0.3) is 5.91 Å². The molecule has 2 aromatic carbocycles. The standard InChI is InChI=1S/C18H19N3O3S/c1-4-11-8-9-13-15(10-11)25-18(19-13)21-20-17(22)12-6-5-7-14(23-2)16(12)24-3/h5-10H,4H2,1-3H3,(H,19,21)(H,20,22). The molecular weight excluding hydrogens is 338 g/mol. The molecule has 1 aromatic heterocycles. The van der Waals surface area contributed by atoms with Crippen molar-refractivity contribution in [1.82, 2.24) is 10.4 Å². The third-order valence-corrected chi connectivity index (χ3v) is 4.73. The molecule has 6 nitrogen and oxygen atoms in total. The van der Waals surface area contributed by atoms with Gasteiger partial charge in [0.2, 0.25) is 5.13 Å². The number of nitrogens with one attached hydrogen (secondary N) is 2. The Morgan fingerprint density at radius 3 is 2.76 bits per heavy atom. The molecule has 0 saturated carbocycles. The van der Waals surface area contributed by atoms with Crippen molar-refractivity contribution in [2.75, 3.05) is 19.6 Å². The van der Waals surface area contributed by atoms with Crippen molar-refractivity contribution < 1.29 is 14.3 Å². The summed E-state index contributed by atoms with van der Waals surface area (Å²) >= 11 is 1.49. The normalized spacial score (nSPS) is 10.5. The number of hydrazine groups is 1. The molecule has 7 heteroatoms. The number of nitrogens with zero attached hydrogens (tertiary/aromatic N) is 1. The van der Waals surface area contributed by atoms with E-state index in [-0.39, 0.29) is 5.91 Å².